The second kappa shape index (κ2) is 9.65. The molecule has 162 valence electrons. The van der Waals surface area contributed by atoms with Gasteiger partial charge in [-0.05, 0) is 53.6 Å². The van der Waals surface area contributed by atoms with E-state index >= 15 is 0 Å². The maximum absolute atomic E-state index is 12.3. The van der Waals surface area contributed by atoms with Crippen LogP contribution in [0.4, 0.5) is 0 Å². The van der Waals surface area contributed by atoms with Gasteiger partial charge in [0.1, 0.15) is 6.61 Å². The highest BCUT2D eigenvalue weighted by Crippen LogP contribution is 2.38. The van der Waals surface area contributed by atoms with Crippen molar-refractivity contribution in [3.05, 3.63) is 98.1 Å². The molecule has 1 aliphatic heterocycles. The van der Waals surface area contributed by atoms with E-state index in [0.29, 0.717) is 37.7 Å². The molecule has 0 bridgehead atoms. The van der Waals surface area contributed by atoms with Crippen LogP contribution in [0, 0.1) is 0 Å². The first-order chi connectivity index (χ1) is 15.4. The molecule has 0 unspecified atom stereocenters. The molecule has 1 heterocycles. The second-order valence-corrected chi connectivity index (χ2v) is 7.99. The Morgan fingerprint density at radius 1 is 0.969 bits per heavy atom. The number of methoxy groups -OCH3 is 1. The van der Waals surface area contributed by atoms with Gasteiger partial charge in [0.25, 0.3) is 0 Å². The van der Waals surface area contributed by atoms with Crippen molar-refractivity contribution in [2.75, 3.05) is 7.11 Å². The smallest absolute Gasteiger partial charge is 0.363 e. The fourth-order valence-electron chi connectivity index (χ4n) is 3.02. The van der Waals surface area contributed by atoms with Crippen LogP contribution in [-0.2, 0) is 16.1 Å². The first-order valence-corrected chi connectivity index (χ1v) is 10.6. The van der Waals surface area contributed by atoms with Crippen molar-refractivity contribution in [3.63, 3.8) is 0 Å². The summed E-state index contributed by atoms with van der Waals surface area (Å²) in [6, 6.07) is 17.8. The monoisotopic (exact) mass is 487 g/mol. The van der Waals surface area contributed by atoms with Gasteiger partial charge in [0.2, 0.25) is 5.90 Å². The summed E-state index contributed by atoms with van der Waals surface area (Å²) in [5.74, 6) is 0.480. The predicted octanol–water partition coefficient (Wildman–Crippen LogP) is 6.58. The summed E-state index contributed by atoms with van der Waals surface area (Å²) in [5, 5.41) is 1.22. The lowest BCUT2D eigenvalue weighted by Gasteiger charge is -2.14. The molecular weight excluding hydrogens is 473 g/mol. The highest BCUT2D eigenvalue weighted by molar-refractivity contribution is 6.42. The number of nitrogens with zero attached hydrogens (tertiary/aromatic N) is 1. The Morgan fingerprint density at radius 2 is 1.75 bits per heavy atom. The average molecular weight is 489 g/mol. The highest BCUT2D eigenvalue weighted by Gasteiger charge is 2.24. The van der Waals surface area contributed by atoms with E-state index in [1.807, 2.05) is 30.3 Å². The minimum atomic E-state index is -0.543. The van der Waals surface area contributed by atoms with E-state index < -0.39 is 5.97 Å². The van der Waals surface area contributed by atoms with Crippen LogP contribution in [0.1, 0.15) is 16.7 Å². The molecule has 0 atom stereocenters. The number of carbonyl (C=O) groups excluding carboxylic acids is 1. The van der Waals surface area contributed by atoms with E-state index in [2.05, 4.69) is 4.99 Å². The summed E-state index contributed by atoms with van der Waals surface area (Å²) in [5.41, 5.74) is 2.30. The number of esters is 1. The van der Waals surface area contributed by atoms with Gasteiger partial charge in [0.15, 0.2) is 17.2 Å². The molecule has 0 radical (unpaired) electrons. The number of cyclic esters (lactones) is 1. The van der Waals surface area contributed by atoms with Gasteiger partial charge in [0.05, 0.1) is 22.2 Å². The zero-order valence-electron chi connectivity index (χ0n) is 16.8. The summed E-state index contributed by atoms with van der Waals surface area (Å²) in [6.07, 6.45) is 1.58. The maximum Gasteiger partial charge on any atom is 0.363 e. The number of rotatable bonds is 6. The van der Waals surface area contributed by atoms with Crippen LogP contribution in [0.3, 0.4) is 0 Å². The third kappa shape index (κ3) is 4.91. The molecule has 0 saturated heterocycles. The quantitative estimate of drug-likeness (QED) is 0.290. The van der Waals surface area contributed by atoms with E-state index in [9.17, 15) is 4.79 Å². The Morgan fingerprint density at radius 3 is 2.47 bits per heavy atom. The summed E-state index contributed by atoms with van der Waals surface area (Å²) in [4.78, 5) is 16.6. The molecule has 4 rings (SSSR count). The topological polar surface area (TPSA) is 57.1 Å². The van der Waals surface area contributed by atoms with E-state index in [0.717, 1.165) is 5.56 Å². The van der Waals surface area contributed by atoms with Crippen molar-refractivity contribution >= 4 is 52.7 Å². The number of halogens is 3. The average Bonchev–Trinajstić information content (AvgIpc) is 3.15. The molecule has 1 aliphatic rings. The first kappa shape index (κ1) is 22.2. The molecule has 5 nitrogen and oxygen atoms in total. The van der Waals surface area contributed by atoms with Gasteiger partial charge in [-0.2, -0.15) is 0 Å². The summed E-state index contributed by atoms with van der Waals surface area (Å²) in [6.45, 7) is 0.213. The fourth-order valence-corrected chi connectivity index (χ4v) is 3.61. The summed E-state index contributed by atoms with van der Waals surface area (Å²) < 4.78 is 16.6. The van der Waals surface area contributed by atoms with Crippen molar-refractivity contribution in [1.82, 2.24) is 0 Å². The molecule has 8 heteroatoms. The van der Waals surface area contributed by atoms with Gasteiger partial charge in [-0.25, -0.2) is 9.79 Å². The lowest BCUT2D eigenvalue weighted by molar-refractivity contribution is -0.129. The SMILES string of the molecule is COc1cc(/C=C2\N=C(c3ccccc3)OC2=O)cc(Cl)c1OCc1ccc(Cl)c(Cl)c1. The number of aliphatic imine (C=N–C) groups is 1. The molecule has 32 heavy (non-hydrogen) atoms. The Balaban J connectivity index is 1.58. The standard InChI is InChI=1S/C24H16Cl3NO4/c1-30-21-12-15(11-20-24(29)32-23(28-20)16-5-3-2-4-6-16)10-19(27)22(21)31-13-14-7-8-17(25)18(26)9-14/h2-12H,13H2,1H3/b20-11-. The van der Waals surface area contributed by atoms with Crippen molar-refractivity contribution in [2.45, 2.75) is 6.61 Å². The van der Waals surface area contributed by atoms with Crippen LogP contribution in [0.5, 0.6) is 11.5 Å². The molecule has 0 fully saturated rings. The van der Waals surface area contributed by atoms with Crippen molar-refractivity contribution in [3.8, 4) is 11.5 Å². The van der Waals surface area contributed by atoms with Gasteiger partial charge in [0, 0.05) is 5.56 Å². The third-order valence-corrected chi connectivity index (χ3v) is 5.58. The molecule has 0 amide bonds. The van der Waals surface area contributed by atoms with Crippen LogP contribution >= 0.6 is 34.8 Å². The van der Waals surface area contributed by atoms with Crippen LogP contribution in [0.15, 0.2) is 71.4 Å². The lowest BCUT2D eigenvalue weighted by atomic mass is 10.1. The van der Waals surface area contributed by atoms with Crippen LogP contribution in [-0.4, -0.2) is 19.0 Å². The molecule has 0 saturated carbocycles. The number of hydrogen-bond donors (Lipinski definition) is 0. The fraction of sp³-hybridized carbons (Fsp3) is 0.0833. The third-order valence-electron chi connectivity index (χ3n) is 4.56. The van der Waals surface area contributed by atoms with Crippen LogP contribution in [0.2, 0.25) is 15.1 Å². The second-order valence-electron chi connectivity index (χ2n) is 6.77. The van der Waals surface area contributed by atoms with Gasteiger partial charge < -0.3 is 14.2 Å². The van der Waals surface area contributed by atoms with E-state index in [1.165, 1.54) is 7.11 Å². The van der Waals surface area contributed by atoms with E-state index in [-0.39, 0.29) is 18.2 Å². The maximum atomic E-state index is 12.3. The zero-order valence-corrected chi connectivity index (χ0v) is 19.0. The highest BCUT2D eigenvalue weighted by atomic mass is 35.5. The number of benzene rings is 3. The summed E-state index contributed by atoms with van der Waals surface area (Å²) >= 11 is 18.5. The van der Waals surface area contributed by atoms with Crippen molar-refractivity contribution in [2.24, 2.45) is 4.99 Å². The number of ether oxygens (including phenoxy) is 3. The van der Waals surface area contributed by atoms with Crippen LogP contribution in [0.25, 0.3) is 6.08 Å². The molecule has 0 aromatic heterocycles. The largest absolute Gasteiger partial charge is 0.493 e. The predicted molar refractivity (Wildman–Crippen MR) is 126 cm³/mol. The van der Waals surface area contributed by atoms with Gasteiger partial charge in [-0.15, -0.1) is 0 Å². The molecule has 3 aromatic rings. The zero-order chi connectivity index (χ0) is 22.7. The van der Waals surface area contributed by atoms with Crippen molar-refractivity contribution < 1.29 is 19.0 Å². The minimum Gasteiger partial charge on any atom is -0.493 e. The Hall–Kier alpha value is -2.99. The molecular formula is C24H16Cl3NO4. The van der Waals surface area contributed by atoms with Crippen LogP contribution < -0.4 is 9.47 Å². The molecule has 0 aliphatic carbocycles. The van der Waals surface area contributed by atoms with Gasteiger partial charge in [-0.3, -0.25) is 0 Å². The number of carbonyl (C=O) groups is 1. The lowest BCUT2D eigenvalue weighted by Crippen LogP contribution is -2.05. The number of hydrogen-bond acceptors (Lipinski definition) is 5. The Bertz CT molecular complexity index is 1240. The minimum absolute atomic E-state index is 0.159. The normalized spacial score (nSPS) is 14.3. The molecule has 0 spiro atoms. The van der Waals surface area contributed by atoms with Crippen molar-refractivity contribution in [1.29, 1.82) is 0 Å². The molecule has 3 aromatic carbocycles. The van der Waals surface area contributed by atoms with E-state index in [1.54, 1.807) is 36.4 Å². The van der Waals surface area contributed by atoms with E-state index in [4.69, 9.17) is 49.0 Å². The first-order valence-electron chi connectivity index (χ1n) is 9.47. The van der Waals surface area contributed by atoms with Gasteiger partial charge in [-0.1, -0.05) is 59.1 Å². The Labute approximate surface area is 199 Å². The Kier molecular flexibility index (Phi) is 6.70. The summed E-state index contributed by atoms with van der Waals surface area (Å²) in [7, 11) is 1.50. The molecule has 0 N–H and O–H groups in total. The van der Waals surface area contributed by atoms with Gasteiger partial charge >= 0.3 is 5.97 Å².